The second-order valence-corrected chi connectivity index (χ2v) is 8.18. The van der Waals surface area contributed by atoms with Gasteiger partial charge >= 0.3 is 0 Å². The highest BCUT2D eigenvalue weighted by Gasteiger charge is 2.40. The van der Waals surface area contributed by atoms with Crippen LogP contribution in [0, 0.1) is 10.1 Å². The van der Waals surface area contributed by atoms with E-state index >= 15 is 0 Å². The molecule has 1 aliphatic heterocycles. The number of benzene rings is 2. The number of hydrogen-bond donors (Lipinski definition) is 2. The number of nitro benzene ring substituents is 1. The highest BCUT2D eigenvalue weighted by Crippen LogP contribution is 2.31. The van der Waals surface area contributed by atoms with Crippen molar-refractivity contribution in [2.75, 3.05) is 24.5 Å². The van der Waals surface area contributed by atoms with Gasteiger partial charge in [-0.2, -0.15) is 0 Å². The zero-order valence-corrected chi connectivity index (χ0v) is 19.9. The Kier molecular flexibility index (Phi) is 8.36. The molecule has 0 aliphatic carbocycles. The van der Waals surface area contributed by atoms with Gasteiger partial charge in [-0.05, 0) is 55.8 Å². The number of nitro groups is 1. The number of amides is 1. The first kappa shape index (κ1) is 25.3. The van der Waals surface area contributed by atoms with E-state index in [1.807, 2.05) is 42.3 Å². The molecule has 0 spiro atoms. The summed E-state index contributed by atoms with van der Waals surface area (Å²) in [6.45, 7) is 3.49. The first-order chi connectivity index (χ1) is 16.0. The van der Waals surface area contributed by atoms with Gasteiger partial charge in [-0.1, -0.05) is 6.92 Å². The molecule has 2 atom stereocenters. The van der Waals surface area contributed by atoms with E-state index in [1.54, 1.807) is 12.1 Å². The van der Waals surface area contributed by atoms with Gasteiger partial charge < -0.3 is 25.3 Å². The maximum atomic E-state index is 13.0. The van der Waals surface area contributed by atoms with Gasteiger partial charge in [-0.25, -0.2) is 0 Å². The Morgan fingerprint density at radius 3 is 2.65 bits per heavy atom. The number of fused-ring (bicyclic) bond motifs is 1. The van der Waals surface area contributed by atoms with Crippen LogP contribution in [0.25, 0.3) is 10.9 Å². The minimum Gasteiger partial charge on any atom is -0.468 e. The zero-order valence-electron chi connectivity index (χ0n) is 19.1. The Balaban J connectivity index is 0.00000324. The zero-order chi connectivity index (χ0) is 23.4. The molecule has 1 saturated heterocycles. The smallest absolute Gasteiger partial charge is 0.269 e. The summed E-state index contributed by atoms with van der Waals surface area (Å²) in [5, 5.41) is 12.1. The van der Waals surface area contributed by atoms with Crippen LogP contribution in [-0.2, 0) is 4.79 Å². The largest absolute Gasteiger partial charge is 0.468 e. The van der Waals surface area contributed by atoms with E-state index in [9.17, 15) is 14.9 Å². The number of non-ortho nitro benzene ring substituents is 1. The number of aromatic nitrogens is 1. The molecular formula is C24H30ClN5O4. The quantitative estimate of drug-likeness (QED) is 0.365. The molecule has 1 amide bonds. The van der Waals surface area contributed by atoms with E-state index in [-0.39, 0.29) is 30.0 Å². The molecule has 182 valence electrons. The fraction of sp³-hybridized carbons (Fsp3) is 0.375. The standard InChI is InChI=1S/C24H29N5O4.ClH/c1-2-3-23(30)28-15-14-27(18-4-6-19(7-5-18)29(31)32)22(10-12-25)24(28)33-20-8-9-21-17(16-20)11-13-26-21;/h4-9,11,13,16,22,24,26H,2-3,10,12,14-15,25H2,1H3;1H. The maximum absolute atomic E-state index is 13.0. The van der Waals surface area contributed by atoms with E-state index in [1.165, 1.54) is 12.1 Å². The van der Waals surface area contributed by atoms with Gasteiger partial charge in [-0.3, -0.25) is 14.9 Å². The second kappa shape index (κ2) is 11.2. The Morgan fingerprint density at radius 1 is 1.21 bits per heavy atom. The highest BCUT2D eigenvalue weighted by molar-refractivity contribution is 5.85. The number of nitrogens with two attached hydrogens (primary N) is 1. The Hall–Kier alpha value is -3.30. The summed E-state index contributed by atoms with van der Waals surface area (Å²) >= 11 is 0. The lowest BCUT2D eigenvalue weighted by atomic mass is 10.0. The number of halogens is 1. The minimum atomic E-state index is -0.534. The van der Waals surface area contributed by atoms with E-state index in [0.29, 0.717) is 38.2 Å². The molecule has 0 bridgehead atoms. The Labute approximate surface area is 204 Å². The number of nitrogens with one attached hydrogen (secondary N) is 1. The SMILES string of the molecule is CCCC(=O)N1CCN(c2ccc([N+](=O)[O-])cc2)C(CCN)C1Oc1ccc2[nH]ccc2c1.Cl. The van der Waals surface area contributed by atoms with Crippen molar-refractivity contribution in [2.45, 2.75) is 38.5 Å². The fourth-order valence-electron chi connectivity index (χ4n) is 4.44. The van der Waals surface area contributed by atoms with Gasteiger partial charge in [0.1, 0.15) is 5.75 Å². The molecule has 10 heteroatoms. The van der Waals surface area contributed by atoms with E-state index in [4.69, 9.17) is 10.5 Å². The van der Waals surface area contributed by atoms with Gasteiger partial charge in [-0.15, -0.1) is 12.4 Å². The number of H-pyrrole nitrogens is 1. The first-order valence-electron chi connectivity index (χ1n) is 11.3. The normalized spacial score (nSPS) is 17.9. The maximum Gasteiger partial charge on any atom is 0.269 e. The monoisotopic (exact) mass is 487 g/mol. The van der Waals surface area contributed by atoms with E-state index < -0.39 is 11.2 Å². The van der Waals surface area contributed by atoms with Crippen LogP contribution in [0.15, 0.2) is 54.7 Å². The van der Waals surface area contributed by atoms with Crippen LogP contribution in [0.1, 0.15) is 26.2 Å². The molecule has 3 N–H and O–H groups in total. The number of hydrogen-bond acceptors (Lipinski definition) is 6. The summed E-state index contributed by atoms with van der Waals surface area (Å²) in [4.78, 5) is 30.8. The number of piperazine rings is 1. The average molecular weight is 488 g/mol. The van der Waals surface area contributed by atoms with Gasteiger partial charge in [0.15, 0.2) is 6.23 Å². The second-order valence-electron chi connectivity index (χ2n) is 8.18. The van der Waals surface area contributed by atoms with Gasteiger partial charge in [0.25, 0.3) is 5.69 Å². The molecular weight excluding hydrogens is 458 g/mol. The summed E-state index contributed by atoms with van der Waals surface area (Å²) in [5.41, 5.74) is 7.87. The van der Waals surface area contributed by atoms with Gasteiger partial charge in [0, 0.05) is 54.4 Å². The number of aromatic amines is 1. The van der Waals surface area contributed by atoms with Crippen LogP contribution in [0.2, 0.25) is 0 Å². The van der Waals surface area contributed by atoms with Crippen molar-refractivity contribution in [1.82, 2.24) is 9.88 Å². The van der Waals surface area contributed by atoms with E-state index in [0.717, 1.165) is 23.0 Å². The lowest BCUT2D eigenvalue weighted by molar-refractivity contribution is -0.384. The molecule has 34 heavy (non-hydrogen) atoms. The lowest BCUT2D eigenvalue weighted by Crippen LogP contribution is -2.63. The van der Waals surface area contributed by atoms with Crippen LogP contribution < -0.4 is 15.4 Å². The summed E-state index contributed by atoms with van der Waals surface area (Å²) in [6.07, 6.45) is 3.14. The van der Waals surface area contributed by atoms with Crippen molar-refractivity contribution >= 4 is 40.6 Å². The molecule has 2 unspecified atom stereocenters. The summed E-state index contributed by atoms with van der Waals surface area (Å²) in [5.74, 6) is 0.726. The molecule has 1 aromatic heterocycles. The number of carbonyl (C=O) groups is 1. The van der Waals surface area contributed by atoms with Crippen molar-refractivity contribution in [3.8, 4) is 5.75 Å². The van der Waals surface area contributed by atoms with Crippen LogP contribution in [-0.4, -0.2) is 52.6 Å². The number of anilines is 1. The van der Waals surface area contributed by atoms with Crippen molar-refractivity contribution in [3.63, 3.8) is 0 Å². The molecule has 1 aliphatic rings. The van der Waals surface area contributed by atoms with Crippen molar-refractivity contribution in [3.05, 3.63) is 64.8 Å². The van der Waals surface area contributed by atoms with Crippen molar-refractivity contribution in [1.29, 1.82) is 0 Å². The third-order valence-corrected chi connectivity index (χ3v) is 6.04. The topological polar surface area (TPSA) is 118 Å². The number of carbonyl (C=O) groups excluding carboxylic acids is 1. The average Bonchev–Trinajstić information content (AvgIpc) is 3.28. The van der Waals surface area contributed by atoms with Crippen LogP contribution in [0.4, 0.5) is 11.4 Å². The predicted molar refractivity (Wildman–Crippen MR) is 134 cm³/mol. The van der Waals surface area contributed by atoms with Gasteiger partial charge in [0.05, 0.1) is 11.0 Å². The predicted octanol–water partition coefficient (Wildman–Crippen LogP) is 4.07. The third-order valence-electron chi connectivity index (χ3n) is 6.04. The summed E-state index contributed by atoms with van der Waals surface area (Å²) < 4.78 is 6.48. The molecule has 9 nitrogen and oxygen atoms in total. The number of nitrogens with zero attached hydrogens (tertiary/aromatic N) is 3. The molecule has 2 heterocycles. The fourth-order valence-corrected chi connectivity index (χ4v) is 4.44. The lowest BCUT2D eigenvalue weighted by Gasteiger charge is -2.48. The molecule has 0 radical (unpaired) electrons. The van der Waals surface area contributed by atoms with E-state index in [2.05, 4.69) is 9.88 Å². The molecule has 0 saturated carbocycles. The van der Waals surface area contributed by atoms with Gasteiger partial charge in [0.2, 0.25) is 5.91 Å². The Bertz CT molecular complexity index is 1120. The van der Waals surface area contributed by atoms with Crippen LogP contribution in [0.5, 0.6) is 5.75 Å². The number of ether oxygens (including phenoxy) is 1. The highest BCUT2D eigenvalue weighted by atomic mass is 35.5. The minimum absolute atomic E-state index is 0. The summed E-state index contributed by atoms with van der Waals surface area (Å²) in [6, 6.07) is 14.1. The van der Waals surface area contributed by atoms with Crippen molar-refractivity contribution < 1.29 is 14.5 Å². The number of rotatable bonds is 8. The first-order valence-corrected chi connectivity index (χ1v) is 11.3. The summed E-state index contributed by atoms with van der Waals surface area (Å²) in [7, 11) is 0. The third kappa shape index (κ3) is 5.26. The molecule has 2 aromatic carbocycles. The molecule has 4 rings (SSSR count). The van der Waals surface area contributed by atoms with Crippen molar-refractivity contribution in [2.24, 2.45) is 5.73 Å². The molecule has 3 aromatic rings. The molecule has 1 fully saturated rings. The van der Waals surface area contributed by atoms with Crippen LogP contribution >= 0.6 is 12.4 Å². The van der Waals surface area contributed by atoms with Crippen LogP contribution in [0.3, 0.4) is 0 Å². The Morgan fingerprint density at radius 2 is 1.97 bits per heavy atom.